The third-order valence-electron chi connectivity index (χ3n) is 6.61. The molecule has 1 atom stereocenters. The predicted octanol–water partition coefficient (Wildman–Crippen LogP) is 3.23. The normalized spacial score (nSPS) is 21.7. The molecule has 32 heavy (non-hydrogen) atoms. The van der Waals surface area contributed by atoms with Gasteiger partial charge in [-0.3, -0.25) is 4.79 Å². The van der Waals surface area contributed by atoms with E-state index in [1.165, 1.54) is 16.4 Å². The van der Waals surface area contributed by atoms with E-state index in [1.807, 2.05) is 0 Å². The molecule has 2 heterocycles. The van der Waals surface area contributed by atoms with Gasteiger partial charge in [0.05, 0.1) is 4.90 Å². The molecule has 1 unspecified atom stereocenters. The number of hydrogen-bond acceptors (Lipinski definition) is 4. The van der Waals surface area contributed by atoms with E-state index in [2.05, 4.69) is 5.32 Å². The maximum Gasteiger partial charge on any atom is 0.243 e. The highest BCUT2D eigenvalue weighted by atomic mass is 32.2. The first-order valence-corrected chi connectivity index (χ1v) is 12.5. The number of hydrogen-bond donors (Lipinski definition) is 1. The van der Waals surface area contributed by atoms with Gasteiger partial charge in [-0.2, -0.15) is 4.31 Å². The molecule has 172 valence electrons. The van der Waals surface area contributed by atoms with Crippen molar-refractivity contribution >= 4 is 15.9 Å². The number of halogens is 1. The van der Waals surface area contributed by atoms with Crippen molar-refractivity contribution in [1.82, 2.24) is 9.62 Å². The summed E-state index contributed by atoms with van der Waals surface area (Å²) < 4.78 is 46.8. The van der Waals surface area contributed by atoms with Gasteiger partial charge in [0.15, 0.2) is 0 Å². The maximum absolute atomic E-state index is 13.5. The lowest BCUT2D eigenvalue weighted by molar-refractivity contribution is -0.126. The minimum Gasteiger partial charge on any atom is -0.381 e. The number of amides is 1. The highest BCUT2D eigenvalue weighted by molar-refractivity contribution is 7.89. The molecule has 1 N–H and O–H groups in total. The highest BCUT2D eigenvalue weighted by Crippen LogP contribution is 2.35. The molecule has 0 spiro atoms. The van der Waals surface area contributed by atoms with Gasteiger partial charge in [-0.25, -0.2) is 12.8 Å². The van der Waals surface area contributed by atoms with Crippen molar-refractivity contribution in [3.63, 3.8) is 0 Å². The Morgan fingerprint density at radius 1 is 1.06 bits per heavy atom. The van der Waals surface area contributed by atoms with Crippen molar-refractivity contribution < 1.29 is 22.3 Å². The van der Waals surface area contributed by atoms with Crippen LogP contribution in [0.1, 0.15) is 37.7 Å². The van der Waals surface area contributed by atoms with E-state index in [9.17, 15) is 17.6 Å². The van der Waals surface area contributed by atoms with Gasteiger partial charge >= 0.3 is 0 Å². The van der Waals surface area contributed by atoms with Crippen molar-refractivity contribution in [3.05, 3.63) is 66.0 Å². The molecule has 2 fully saturated rings. The van der Waals surface area contributed by atoms with E-state index in [0.29, 0.717) is 45.6 Å². The Balaban J connectivity index is 1.53. The van der Waals surface area contributed by atoms with E-state index < -0.39 is 16.1 Å². The Morgan fingerprint density at radius 2 is 1.75 bits per heavy atom. The van der Waals surface area contributed by atoms with Gasteiger partial charge in [0.2, 0.25) is 15.9 Å². The molecule has 8 heteroatoms. The lowest BCUT2D eigenvalue weighted by atomic mass is 9.74. The van der Waals surface area contributed by atoms with Crippen LogP contribution in [0.15, 0.2) is 59.5 Å². The summed E-state index contributed by atoms with van der Waals surface area (Å²) in [6.07, 6.45) is 3.43. The zero-order valence-corrected chi connectivity index (χ0v) is 18.8. The Labute approximate surface area is 188 Å². The fourth-order valence-corrected chi connectivity index (χ4v) is 6.37. The summed E-state index contributed by atoms with van der Waals surface area (Å²) in [4.78, 5) is 13.4. The first-order chi connectivity index (χ1) is 15.4. The number of carbonyl (C=O) groups is 1. The minimum absolute atomic E-state index is 0.201. The van der Waals surface area contributed by atoms with Crippen molar-refractivity contribution in [2.24, 2.45) is 0 Å². The lowest BCUT2D eigenvalue weighted by Crippen LogP contribution is -2.54. The molecular weight excluding hydrogens is 431 g/mol. The van der Waals surface area contributed by atoms with Crippen molar-refractivity contribution in [2.45, 2.75) is 48.5 Å². The predicted molar refractivity (Wildman–Crippen MR) is 119 cm³/mol. The largest absolute Gasteiger partial charge is 0.381 e. The third kappa shape index (κ3) is 4.72. The van der Waals surface area contributed by atoms with Crippen molar-refractivity contribution in [1.29, 1.82) is 0 Å². The second-order valence-electron chi connectivity index (χ2n) is 8.56. The van der Waals surface area contributed by atoms with Crippen LogP contribution in [-0.2, 0) is 25.0 Å². The van der Waals surface area contributed by atoms with E-state index in [1.54, 1.807) is 42.5 Å². The molecule has 6 nitrogen and oxygen atoms in total. The number of ether oxygens (including phenoxy) is 1. The van der Waals surface area contributed by atoms with Crippen LogP contribution >= 0.6 is 0 Å². The van der Waals surface area contributed by atoms with Gasteiger partial charge in [-0.1, -0.05) is 36.8 Å². The molecule has 0 bridgehead atoms. The molecule has 0 aromatic heterocycles. The number of nitrogens with zero attached hydrogens (tertiary/aromatic N) is 1. The first kappa shape index (κ1) is 22.9. The van der Waals surface area contributed by atoms with Gasteiger partial charge in [-0.05, 0) is 55.5 Å². The summed E-state index contributed by atoms with van der Waals surface area (Å²) in [6.45, 7) is 1.80. The monoisotopic (exact) mass is 460 g/mol. The number of piperidine rings is 1. The number of sulfonamides is 1. The molecule has 0 aliphatic carbocycles. The molecular formula is C24H29FN2O4S. The molecule has 1 amide bonds. The van der Waals surface area contributed by atoms with Crippen LogP contribution in [0.5, 0.6) is 0 Å². The quantitative estimate of drug-likeness (QED) is 0.718. The van der Waals surface area contributed by atoms with E-state index in [-0.39, 0.29) is 22.0 Å². The number of nitrogens with one attached hydrogen (secondary N) is 1. The Bertz CT molecular complexity index is 1020. The molecule has 0 saturated carbocycles. The Morgan fingerprint density at radius 3 is 2.44 bits per heavy atom. The first-order valence-electron chi connectivity index (χ1n) is 11.1. The van der Waals surface area contributed by atoms with Crippen LogP contribution in [-0.4, -0.2) is 51.0 Å². The fourth-order valence-electron chi connectivity index (χ4n) is 4.69. The van der Waals surface area contributed by atoms with Crippen molar-refractivity contribution in [3.8, 4) is 0 Å². The molecule has 4 rings (SSSR count). The minimum atomic E-state index is -3.76. The standard InChI is InChI=1S/C24H29FN2O4S/c25-20-11-9-19(10-12-20)24(13-16-31-17-14-24)18-26-23(28)22-8-4-5-15-27(22)32(29,30)21-6-2-1-3-7-21/h1-3,6-7,9-12,22H,4-5,8,13-18H2,(H,26,28). The third-order valence-corrected chi connectivity index (χ3v) is 8.54. The summed E-state index contributed by atoms with van der Waals surface area (Å²) in [7, 11) is -3.76. The second kappa shape index (κ2) is 9.68. The summed E-state index contributed by atoms with van der Waals surface area (Å²) in [6, 6.07) is 13.9. The smallest absolute Gasteiger partial charge is 0.243 e. The lowest BCUT2D eigenvalue weighted by Gasteiger charge is -2.39. The average Bonchev–Trinajstić information content (AvgIpc) is 2.84. The molecule has 2 aromatic carbocycles. The van der Waals surface area contributed by atoms with Crippen molar-refractivity contribution in [2.75, 3.05) is 26.3 Å². The molecule has 2 aliphatic heterocycles. The van der Waals surface area contributed by atoms with Crippen LogP contribution in [0.2, 0.25) is 0 Å². The summed E-state index contributed by atoms with van der Waals surface area (Å²) in [5, 5.41) is 3.04. The zero-order valence-electron chi connectivity index (χ0n) is 18.0. The fraction of sp³-hybridized carbons (Fsp3) is 0.458. The van der Waals surface area contributed by atoms with E-state index in [4.69, 9.17) is 4.74 Å². The van der Waals surface area contributed by atoms with Crippen LogP contribution in [0.25, 0.3) is 0 Å². The Hall–Kier alpha value is -2.29. The van der Waals surface area contributed by atoms with Gasteiger partial charge in [0.1, 0.15) is 11.9 Å². The number of carbonyl (C=O) groups excluding carboxylic acids is 1. The van der Waals surface area contributed by atoms with E-state index in [0.717, 1.165) is 18.4 Å². The molecule has 2 aliphatic rings. The molecule has 2 aromatic rings. The SMILES string of the molecule is O=C(NCC1(c2ccc(F)cc2)CCOCC1)C1CCCCN1S(=O)(=O)c1ccccc1. The molecule has 2 saturated heterocycles. The van der Waals surface area contributed by atoms with Gasteiger partial charge in [0.25, 0.3) is 0 Å². The second-order valence-corrected chi connectivity index (χ2v) is 10.4. The topological polar surface area (TPSA) is 75.7 Å². The van der Waals surface area contributed by atoms with Crippen LogP contribution in [0.3, 0.4) is 0 Å². The van der Waals surface area contributed by atoms with Gasteiger partial charge in [0, 0.05) is 31.7 Å². The van der Waals surface area contributed by atoms with Crippen LogP contribution in [0.4, 0.5) is 4.39 Å². The Kier molecular flexibility index (Phi) is 6.93. The van der Waals surface area contributed by atoms with Gasteiger partial charge in [-0.15, -0.1) is 0 Å². The maximum atomic E-state index is 13.5. The summed E-state index contributed by atoms with van der Waals surface area (Å²) in [5.41, 5.74) is 0.597. The number of benzene rings is 2. The average molecular weight is 461 g/mol. The highest BCUT2D eigenvalue weighted by Gasteiger charge is 2.40. The molecule has 0 radical (unpaired) electrons. The van der Waals surface area contributed by atoms with E-state index >= 15 is 0 Å². The van der Waals surface area contributed by atoms with Crippen LogP contribution in [0, 0.1) is 5.82 Å². The summed E-state index contributed by atoms with van der Waals surface area (Å²) >= 11 is 0. The zero-order chi connectivity index (χ0) is 22.6. The summed E-state index contributed by atoms with van der Waals surface area (Å²) in [5.74, 6) is -0.582. The number of rotatable bonds is 6. The van der Waals surface area contributed by atoms with Crippen LogP contribution < -0.4 is 5.32 Å². The van der Waals surface area contributed by atoms with Gasteiger partial charge < -0.3 is 10.1 Å².